The molecule has 0 aliphatic heterocycles. The van der Waals surface area contributed by atoms with Gasteiger partial charge in [0.2, 0.25) is 0 Å². The van der Waals surface area contributed by atoms with Gasteiger partial charge in [-0.3, -0.25) is 0 Å². The lowest BCUT2D eigenvalue weighted by Crippen LogP contribution is -2.14. The second-order valence-electron chi connectivity index (χ2n) is 4.15. The van der Waals surface area contributed by atoms with E-state index in [0.29, 0.717) is 0 Å². The smallest absolute Gasteiger partial charge is 0.0795 e. The number of nitrogens with two attached hydrogens (primary N) is 1. The summed E-state index contributed by atoms with van der Waals surface area (Å²) in [5.41, 5.74) is 12.9. The van der Waals surface area contributed by atoms with E-state index in [0.717, 1.165) is 12.1 Å². The van der Waals surface area contributed by atoms with Crippen LogP contribution < -0.4 is 5.73 Å². The molecule has 0 bridgehead atoms. The Kier molecular flexibility index (Phi) is 3.36. The number of benzene rings is 1. The minimum Gasteiger partial charge on any atom is -0.322 e. The van der Waals surface area contributed by atoms with Gasteiger partial charge >= 0.3 is 0 Å². The van der Waals surface area contributed by atoms with E-state index in [1.54, 1.807) is 11.3 Å². The van der Waals surface area contributed by atoms with Gasteiger partial charge in [-0.15, -0.1) is 11.3 Å². The molecular formula is C13H16N2S. The molecular weight excluding hydrogens is 216 g/mol. The van der Waals surface area contributed by atoms with Crippen LogP contribution in [0, 0.1) is 13.8 Å². The Labute approximate surface area is 100 Å². The Bertz CT molecular complexity index is 463. The number of aromatic nitrogens is 1. The van der Waals surface area contributed by atoms with Crippen LogP contribution in [0.4, 0.5) is 0 Å². The standard InChI is InChI=1S/C13H16N2S/c1-9-3-4-10(2)11(5-9)6-12(14)13-7-16-8-15-13/h3-5,7-8,12H,6,14H2,1-2H3. The zero-order valence-corrected chi connectivity index (χ0v) is 10.4. The van der Waals surface area contributed by atoms with Crippen LogP contribution in [0.5, 0.6) is 0 Å². The first-order valence-electron chi connectivity index (χ1n) is 5.36. The zero-order valence-electron chi connectivity index (χ0n) is 9.60. The Morgan fingerprint density at radius 1 is 1.38 bits per heavy atom. The van der Waals surface area contributed by atoms with Gasteiger partial charge in [0.15, 0.2) is 0 Å². The quantitative estimate of drug-likeness (QED) is 0.883. The molecule has 0 aliphatic carbocycles. The van der Waals surface area contributed by atoms with Crippen molar-refractivity contribution in [3.8, 4) is 0 Å². The Balaban J connectivity index is 2.17. The summed E-state index contributed by atoms with van der Waals surface area (Å²) in [5, 5.41) is 2.02. The Morgan fingerprint density at radius 3 is 2.88 bits per heavy atom. The maximum atomic E-state index is 6.13. The summed E-state index contributed by atoms with van der Waals surface area (Å²) in [4.78, 5) is 4.26. The van der Waals surface area contributed by atoms with Gasteiger partial charge in [0.25, 0.3) is 0 Å². The zero-order chi connectivity index (χ0) is 11.5. The van der Waals surface area contributed by atoms with Gasteiger partial charge in [0.1, 0.15) is 0 Å². The lowest BCUT2D eigenvalue weighted by atomic mass is 9.98. The van der Waals surface area contributed by atoms with Gasteiger partial charge < -0.3 is 5.73 Å². The van der Waals surface area contributed by atoms with Crippen LogP contribution in [-0.4, -0.2) is 4.98 Å². The fourth-order valence-corrected chi connectivity index (χ4v) is 2.39. The van der Waals surface area contributed by atoms with Crippen molar-refractivity contribution in [2.75, 3.05) is 0 Å². The maximum Gasteiger partial charge on any atom is 0.0795 e. The predicted octanol–water partition coefficient (Wildman–Crippen LogP) is 3.00. The van der Waals surface area contributed by atoms with Crippen molar-refractivity contribution in [1.82, 2.24) is 4.98 Å². The third-order valence-corrected chi connectivity index (χ3v) is 3.38. The number of aryl methyl sites for hydroxylation is 2. The topological polar surface area (TPSA) is 38.9 Å². The lowest BCUT2D eigenvalue weighted by molar-refractivity contribution is 0.699. The molecule has 0 fully saturated rings. The van der Waals surface area contributed by atoms with Crippen LogP contribution >= 0.6 is 11.3 Å². The molecule has 1 aromatic heterocycles. The van der Waals surface area contributed by atoms with Crippen molar-refractivity contribution in [3.63, 3.8) is 0 Å². The average molecular weight is 232 g/mol. The monoisotopic (exact) mass is 232 g/mol. The molecule has 0 spiro atoms. The average Bonchev–Trinajstić information content (AvgIpc) is 2.76. The number of nitrogens with zero attached hydrogens (tertiary/aromatic N) is 1. The fraction of sp³-hybridized carbons (Fsp3) is 0.308. The maximum absolute atomic E-state index is 6.13. The highest BCUT2D eigenvalue weighted by molar-refractivity contribution is 7.07. The van der Waals surface area contributed by atoms with E-state index in [2.05, 4.69) is 37.0 Å². The Hall–Kier alpha value is -1.19. The van der Waals surface area contributed by atoms with Gasteiger partial charge in [0, 0.05) is 5.38 Å². The van der Waals surface area contributed by atoms with Crippen molar-refractivity contribution in [3.05, 3.63) is 51.5 Å². The van der Waals surface area contributed by atoms with Crippen LogP contribution in [0.1, 0.15) is 28.4 Å². The second kappa shape index (κ2) is 4.76. The summed E-state index contributed by atoms with van der Waals surface area (Å²) in [6, 6.07) is 6.50. The third kappa shape index (κ3) is 2.49. The molecule has 1 heterocycles. The van der Waals surface area contributed by atoms with Crippen LogP contribution in [0.15, 0.2) is 29.1 Å². The SMILES string of the molecule is Cc1ccc(C)c(CC(N)c2cscn2)c1. The van der Waals surface area contributed by atoms with Crippen molar-refractivity contribution in [2.45, 2.75) is 26.3 Å². The van der Waals surface area contributed by atoms with Gasteiger partial charge in [-0.25, -0.2) is 4.98 Å². The summed E-state index contributed by atoms with van der Waals surface area (Å²) >= 11 is 1.59. The van der Waals surface area contributed by atoms with Gasteiger partial charge in [-0.1, -0.05) is 23.8 Å². The first kappa shape index (κ1) is 11.3. The van der Waals surface area contributed by atoms with E-state index in [1.165, 1.54) is 16.7 Å². The summed E-state index contributed by atoms with van der Waals surface area (Å²) < 4.78 is 0. The van der Waals surface area contributed by atoms with E-state index >= 15 is 0 Å². The van der Waals surface area contributed by atoms with E-state index in [4.69, 9.17) is 5.73 Å². The molecule has 0 saturated carbocycles. The van der Waals surface area contributed by atoms with E-state index in [9.17, 15) is 0 Å². The van der Waals surface area contributed by atoms with Crippen molar-refractivity contribution < 1.29 is 0 Å². The number of hydrogen-bond donors (Lipinski definition) is 1. The molecule has 1 aromatic carbocycles. The highest BCUT2D eigenvalue weighted by Crippen LogP contribution is 2.19. The molecule has 1 unspecified atom stereocenters. The fourth-order valence-electron chi connectivity index (χ4n) is 1.77. The molecule has 2 N–H and O–H groups in total. The van der Waals surface area contributed by atoms with E-state index < -0.39 is 0 Å². The minimum absolute atomic E-state index is 0.00625. The highest BCUT2D eigenvalue weighted by Gasteiger charge is 2.10. The lowest BCUT2D eigenvalue weighted by Gasteiger charge is -2.12. The van der Waals surface area contributed by atoms with Crippen LogP contribution in [0.3, 0.4) is 0 Å². The van der Waals surface area contributed by atoms with Crippen molar-refractivity contribution in [1.29, 1.82) is 0 Å². The van der Waals surface area contributed by atoms with Crippen LogP contribution in [0.2, 0.25) is 0 Å². The van der Waals surface area contributed by atoms with Crippen LogP contribution in [-0.2, 0) is 6.42 Å². The molecule has 0 aliphatic rings. The van der Waals surface area contributed by atoms with E-state index in [1.807, 2.05) is 10.9 Å². The summed E-state index contributed by atoms with van der Waals surface area (Å²) in [6.45, 7) is 4.24. The molecule has 0 saturated heterocycles. The van der Waals surface area contributed by atoms with E-state index in [-0.39, 0.29) is 6.04 Å². The molecule has 16 heavy (non-hydrogen) atoms. The van der Waals surface area contributed by atoms with Crippen molar-refractivity contribution >= 4 is 11.3 Å². The largest absolute Gasteiger partial charge is 0.322 e. The summed E-state index contributed by atoms with van der Waals surface area (Å²) in [5.74, 6) is 0. The summed E-state index contributed by atoms with van der Waals surface area (Å²) in [6.07, 6.45) is 0.858. The molecule has 2 aromatic rings. The molecule has 1 atom stereocenters. The highest BCUT2D eigenvalue weighted by atomic mass is 32.1. The number of rotatable bonds is 3. The van der Waals surface area contributed by atoms with Gasteiger partial charge in [-0.2, -0.15) is 0 Å². The molecule has 3 heteroatoms. The number of thiazole rings is 1. The molecule has 0 amide bonds. The van der Waals surface area contributed by atoms with Crippen molar-refractivity contribution in [2.24, 2.45) is 5.73 Å². The normalized spacial score (nSPS) is 12.7. The first-order valence-corrected chi connectivity index (χ1v) is 6.31. The number of hydrogen-bond acceptors (Lipinski definition) is 3. The third-order valence-electron chi connectivity index (χ3n) is 2.78. The van der Waals surface area contributed by atoms with Crippen LogP contribution in [0.25, 0.3) is 0 Å². The molecule has 2 nitrogen and oxygen atoms in total. The van der Waals surface area contributed by atoms with Gasteiger partial charge in [-0.05, 0) is 31.4 Å². The molecule has 0 radical (unpaired) electrons. The second-order valence-corrected chi connectivity index (χ2v) is 4.87. The predicted molar refractivity (Wildman–Crippen MR) is 68.7 cm³/mol. The first-order chi connectivity index (χ1) is 7.66. The molecule has 84 valence electrons. The van der Waals surface area contributed by atoms with Gasteiger partial charge in [0.05, 0.1) is 17.2 Å². The Morgan fingerprint density at radius 2 is 2.19 bits per heavy atom. The summed E-state index contributed by atoms with van der Waals surface area (Å²) in [7, 11) is 0. The minimum atomic E-state index is 0.00625. The molecule has 2 rings (SSSR count).